The van der Waals surface area contributed by atoms with Crippen molar-refractivity contribution in [2.24, 2.45) is 0 Å². The summed E-state index contributed by atoms with van der Waals surface area (Å²) in [5.41, 5.74) is 4.97. The maximum absolute atomic E-state index is 2.60. The van der Waals surface area contributed by atoms with Crippen molar-refractivity contribution < 1.29 is 0 Å². The van der Waals surface area contributed by atoms with Gasteiger partial charge in [0.1, 0.15) is 0 Å². The van der Waals surface area contributed by atoms with Crippen LogP contribution in [-0.2, 0) is 12.8 Å². The predicted octanol–water partition coefficient (Wildman–Crippen LogP) is 11.1. The van der Waals surface area contributed by atoms with Crippen LogP contribution in [0, 0.1) is 0 Å². The van der Waals surface area contributed by atoms with Crippen LogP contribution in [0.5, 0.6) is 0 Å². The molecule has 184 valence electrons. The molecule has 2 rings (SSSR count). The molecule has 0 aliphatic heterocycles. The zero-order chi connectivity index (χ0) is 22.7. The Balaban J connectivity index is 1.51. The fourth-order valence-electron chi connectivity index (χ4n) is 5.70. The highest BCUT2D eigenvalue weighted by atomic mass is 14.2. The van der Waals surface area contributed by atoms with Crippen LogP contribution < -0.4 is 0 Å². The molecule has 0 heterocycles. The van der Waals surface area contributed by atoms with Gasteiger partial charge in [0.25, 0.3) is 0 Å². The Kier molecular flexibility index (Phi) is 16.0. The average Bonchev–Trinajstić information content (AvgIpc) is 2.83. The van der Waals surface area contributed by atoms with Gasteiger partial charge in [-0.1, -0.05) is 141 Å². The summed E-state index contributed by atoms with van der Waals surface area (Å²) in [6.07, 6.45) is 32.9. The number of hydrogen-bond acceptors (Lipinski definition) is 0. The van der Waals surface area contributed by atoms with E-state index in [4.69, 9.17) is 0 Å². The lowest BCUT2D eigenvalue weighted by atomic mass is 9.84. The topological polar surface area (TPSA) is 0 Å². The second-order valence-electron chi connectivity index (χ2n) is 10.8. The van der Waals surface area contributed by atoms with Gasteiger partial charge in [0.05, 0.1) is 0 Å². The summed E-state index contributed by atoms with van der Waals surface area (Å²) >= 11 is 0. The molecule has 1 unspecified atom stereocenters. The highest BCUT2D eigenvalue weighted by Gasteiger charge is 2.15. The van der Waals surface area contributed by atoms with Gasteiger partial charge >= 0.3 is 0 Å². The molecular weight excluding hydrogens is 384 g/mol. The molecule has 0 aromatic heterocycles. The van der Waals surface area contributed by atoms with Gasteiger partial charge in [-0.15, -0.1) is 0 Å². The van der Waals surface area contributed by atoms with Crippen molar-refractivity contribution in [3.63, 3.8) is 0 Å². The van der Waals surface area contributed by atoms with Crippen molar-refractivity contribution in [1.82, 2.24) is 0 Å². The molecule has 1 aliphatic carbocycles. The third-order valence-electron chi connectivity index (χ3n) is 7.91. The Morgan fingerprint density at radius 1 is 0.531 bits per heavy atom. The summed E-state index contributed by atoms with van der Waals surface area (Å²) in [6, 6.07) is 7.55. The van der Waals surface area contributed by atoms with Crippen LogP contribution in [0.1, 0.15) is 171 Å². The van der Waals surface area contributed by atoms with E-state index in [1.54, 1.807) is 16.7 Å². The molecule has 0 saturated heterocycles. The van der Waals surface area contributed by atoms with E-state index < -0.39 is 0 Å². The van der Waals surface area contributed by atoms with Crippen LogP contribution in [0.4, 0.5) is 0 Å². The van der Waals surface area contributed by atoms with Crippen LogP contribution in [0.15, 0.2) is 18.2 Å². The fraction of sp³-hybridized carbons (Fsp3) is 0.812. The Bertz CT molecular complexity index is 557. The van der Waals surface area contributed by atoms with Gasteiger partial charge in [-0.25, -0.2) is 0 Å². The first-order valence-corrected chi connectivity index (χ1v) is 15.0. The lowest BCUT2D eigenvalue weighted by Gasteiger charge is -2.22. The lowest BCUT2D eigenvalue weighted by Crippen LogP contribution is -2.06. The van der Waals surface area contributed by atoms with E-state index in [1.807, 2.05) is 0 Å². The standard InChI is InChI=1S/C32H56/c1-3-5-7-8-9-10-11-12-13-14-15-16-17-18-19-23-29(22-6-4-2)32-27-26-30-24-20-21-25-31(30)28-32/h26-29H,3-25H2,1-2H3. The maximum Gasteiger partial charge on any atom is -0.0162 e. The van der Waals surface area contributed by atoms with Gasteiger partial charge in [0, 0.05) is 0 Å². The number of hydrogen-bond donors (Lipinski definition) is 0. The first-order chi connectivity index (χ1) is 15.8. The summed E-state index contributed by atoms with van der Waals surface area (Å²) in [6.45, 7) is 4.65. The third-order valence-corrected chi connectivity index (χ3v) is 7.91. The second kappa shape index (κ2) is 18.6. The molecule has 0 saturated carbocycles. The Morgan fingerprint density at radius 3 is 1.56 bits per heavy atom. The van der Waals surface area contributed by atoms with Gasteiger partial charge in [-0.3, -0.25) is 0 Å². The first kappa shape index (κ1) is 27.5. The molecule has 0 nitrogen and oxygen atoms in total. The van der Waals surface area contributed by atoms with E-state index in [0.29, 0.717) is 0 Å². The van der Waals surface area contributed by atoms with Crippen molar-refractivity contribution in [1.29, 1.82) is 0 Å². The molecule has 1 aliphatic rings. The normalized spacial score (nSPS) is 14.4. The molecule has 0 spiro atoms. The number of unbranched alkanes of at least 4 members (excludes halogenated alkanes) is 15. The average molecular weight is 441 g/mol. The van der Waals surface area contributed by atoms with Crippen LogP contribution in [0.25, 0.3) is 0 Å². The molecule has 1 atom stereocenters. The molecule has 0 N–H and O–H groups in total. The molecular formula is C32H56. The van der Waals surface area contributed by atoms with Crippen LogP contribution in [0.3, 0.4) is 0 Å². The fourth-order valence-corrected chi connectivity index (χ4v) is 5.70. The zero-order valence-electron chi connectivity index (χ0n) is 22.1. The van der Waals surface area contributed by atoms with E-state index in [9.17, 15) is 0 Å². The van der Waals surface area contributed by atoms with Gasteiger partial charge in [0.15, 0.2) is 0 Å². The monoisotopic (exact) mass is 440 g/mol. The summed E-state index contributed by atoms with van der Waals surface area (Å²) in [4.78, 5) is 0. The van der Waals surface area contributed by atoms with E-state index >= 15 is 0 Å². The van der Waals surface area contributed by atoms with Gasteiger partial charge in [0.2, 0.25) is 0 Å². The van der Waals surface area contributed by atoms with Crippen LogP contribution in [0.2, 0.25) is 0 Å². The van der Waals surface area contributed by atoms with E-state index in [1.165, 1.54) is 148 Å². The minimum atomic E-state index is 0.809. The van der Waals surface area contributed by atoms with E-state index in [0.717, 1.165) is 5.92 Å². The van der Waals surface area contributed by atoms with Gasteiger partial charge in [-0.2, -0.15) is 0 Å². The largest absolute Gasteiger partial charge is 0.0654 e. The van der Waals surface area contributed by atoms with Crippen molar-refractivity contribution in [3.8, 4) is 0 Å². The Labute approximate surface area is 202 Å². The summed E-state index contributed by atoms with van der Waals surface area (Å²) < 4.78 is 0. The van der Waals surface area contributed by atoms with Gasteiger partial charge < -0.3 is 0 Å². The first-order valence-electron chi connectivity index (χ1n) is 15.0. The molecule has 0 fully saturated rings. The SMILES string of the molecule is CCCCCCCCCCCCCCCCCC(CCCC)c1ccc2c(c1)CCCC2. The number of benzene rings is 1. The zero-order valence-corrected chi connectivity index (χ0v) is 22.1. The van der Waals surface area contributed by atoms with Crippen molar-refractivity contribution in [2.45, 2.75) is 167 Å². The Morgan fingerprint density at radius 2 is 1.00 bits per heavy atom. The van der Waals surface area contributed by atoms with Crippen molar-refractivity contribution in [3.05, 3.63) is 34.9 Å². The smallest absolute Gasteiger partial charge is 0.0162 e. The molecule has 1 aromatic carbocycles. The Hall–Kier alpha value is -0.780. The maximum atomic E-state index is 2.60. The summed E-state index contributed by atoms with van der Waals surface area (Å²) in [5.74, 6) is 0.809. The minimum Gasteiger partial charge on any atom is -0.0654 e. The number of aryl methyl sites for hydroxylation is 2. The van der Waals surface area contributed by atoms with Crippen LogP contribution >= 0.6 is 0 Å². The summed E-state index contributed by atoms with van der Waals surface area (Å²) in [7, 11) is 0. The molecule has 0 radical (unpaired) electrons. The predicted molar refractivity (Wildman–Crippen MR) is 145 cm³/mol. The number of fused-ring (bicyclic) bond motifs is 1. The molecule has 1 aromatic rings. The third kappa shape index (κ3) is 11.9. The highest BCUT2D eigenvalue weighted by Crippen LogP contribution is 2.31. The van der Waals surface area contributed by atoms with Crippen molar-refractivity contribution >= 4 is 0 Å². The second-order valence-corrected chi connectivity index (χ2v) is 10.8. The van der Waals surface area contributed by atoms with Crippen molar-refractivity contribution in [2.75, 3.05) is 0 Å². The van der Waals surface area contributed by atoms with Crippen LogP contribution in [-0.4, -0.2) is 0 Å². The summed E-state index contributed by atoms with van der Waals surface area (Å²) in [5, 5.41) is 0. The van der Waals surface area contributed by atoms with Gasteiger partial charge in [-0.05, 0) is 61.1 Å². The highest BCUT2D eigenvalue weighted by molar-refractivity contribution is 5.35. The van der Waals surface area contributed by atoms with E-state index in [-0.39, 0.29) is 0 Å². The molecule has 0 bridgehead atoms. The molecule has 32 heavy (non-hydrogen) atoms. The minimum absolute atomic E-state index is 0.809. The van der Waals surface area contributed by atoms with E-state index in [2.05, 4.69) is 32.0 Å². The molecule has 0 amide bonds. The number of rotatable bonds is 20. The lowest BCUT2D eigenvalue weighted by molar-refractivity contribution is 0.494. The quantitative estimate of drug-likeness (QED) is 0.177. The molecule has 0 heteroatoms.